The van der Waals surface area contributed by atoms with Gasteiger partial charge in [0.2, 0.25) is 0 Å². The molecule has 0 amide bonds. The molecule has 3 nitrogen and oxygen atoms in total. The number of aryl methyl sites for hydroxylation is 1. The summed E-state index contributed by atoms with van der Waals surface area (Å²) in [6.07, 6.45) is 7.18. The summed E-state index contributed by atoms with van der Waals surface area (Å²) in [5.74, 6) is -0.145. The molecular weight excluding hydrogens is 302 g/mol. The van der Waals surface area contributed by atoms with Crippen molar-refractivity contribution in [3.05, 3.63) is 14.5 Å². The van der Waals surface area contributed by atoms with Gasteiger partial charge in [-0.05, 0) is 35.2 Å². The van der Waals surface area contributed by atoms with E-state index in [4.69, 9.17) is 5.11 Å². The van der Waals surface area contributed by atoms with Crippen molar-refractivity contribution in [2.45, 2.75) is 50.9 Å². The predicted molar refractivity (Wildman–Crippen MR) is 71.6 cm³/mol. The Balaban J connectivity index is 2.03. The summed E-state index contributed by atoms with van der Waals surface area (Å²) in [7, 11) is 0. The second-order valence-electron chi connectivity index (χ2n) is 4.49. The van der Waals surface area contributed by atoms with Gasteiger partial charge in [0.05, 0.1) is 11.4 Å². The summed E-state index contributed by atoms with van der Waals surface area (Å²) in [5.41, 5.74) is 0. The molecule has 17 heavy (non-hydrogen) atoms. The maximum absolute atomic E-state index is 10.6. The van der Waals surface area contributed by atoms with E-state index in [1.807, 2.05) is 0 Å². The molecule has 0 aliphatic heterocycles. The molecule has 1 saturated carbocycles. The molecule has 2 rings (SSSR count). The van der Waals surface area contributed by atoms with Gasteiger partial charge in [-0.3, -0.25) is 4.79 Å². The molecule has 1 aromatic heterocycles. The molecule has 1 N–H and O–H groups in total. The highest BCUT2D eigenvalue weighted by Gasteiger charge is 2.20. The van der Waals surface area contributed by atoms with Crippen LogP contribution in [0.2, 0.25) is 0 Å². The summed E-state index contributed by atoms with van der Waals surface area (Å²) in [6.45, 7) is 0. The van der Waals surface area contributed by atoms with Crippen molar-refractivity contribution in [2.75, 3.05) is 0 Å². The van der Waals surface area contributed by atoms with Gasteiger partial charge >= 0.3 is 5.97 Å². The lowest BCUT2D eigenvalue weighted by molar-refractivity contribution is -0.136. The number of carboxylic acids is 1. The van der Waals surface area contributed by atoms with Gasteiger partial charge in [-0.1, -0.05) is 19.3 Å². The third-order valence-electron chi connectivity index (χ3n) is 3.19. The van der Waals surface area contributed by atoms with Crippen LogP contribution in [0, 0.1) is 0 Å². The fraction of sp³-hybridized carbons (Fsp3) is 0.667. The molecule has 0 bridgehead atoms. The lowest BCUT2D eigenvalue weighted by atomic mass is 9.90. The Kier molecular flexibility index (Phi) is 4.56. The van der Waals surface area contributed by atoms with Crippen molar-refractivity contribution < 1.29 is 9.90 Å². The van der Waals surface area contributed by atoms with Crippen LogP contribution < -0.4 is 0 Å². The Labute approximate surface area is 113 Å². The molecule has 0 unspecified atom stereocenters. The van der Waals surface area contributed by atoms with E-state index in [0.717, 1.165) is 9.48 Å². The minimum absolute atomic E-state index is 0.185. The zero-order valence-electron chi connectivity index (χ0n) is 9.62. The van der Waals surface area contributed by atoms with Crippen molar-refractivity contribution >= 4 is 33.2 Å². The largest absolute Gasteiger partial charge is 0.481 e. The topological polar surface area (TPSA) is 50.2 Å². The average molecular weight is 318 g/mol. The standard InChI is InChI=1S/C12H16BrNO2S/c13-11-9(6-7-10(15)16)17-12(14-11)8-4-2-1-3-5-8/h8H,1-7H2,(H,15,16). The van der Waals surface area contributed by atoms with Gasteiger partial charge in [-0.15, -0.1) is 11.3 Å². The van der Waals surface area contributed by atoms with E-state index >= 15 is 0 Å². The van der Waals surface area contributed by atoms with Crippen LogP contribution in [0.1, 0.15) is 54.3 Å². The highest BCUT2D eigenvalue weighted by Crippen LogP contribution is 2.37. The number of nitrogens with zero attached hydrogens (tertiary/aromatic N) is 1. The SMILES string of the molecule is O=C(O)CCc1sc(C2CCCCC2)nc1Br. The predicted octanol–water partition coefficient (Wildman–Crippen LogP) is 3.97. The lowest BCUT2D eigenvalue weighted by Crippen LogP contribution is -2.03. The third-order valence-corrected chi connectivity index (χ3v) is 5.38. The third kappa shape index (κ3) is 3.52. The maximum atomic E-state index is 10.6. The minimum atomic E-state index is -0.746. The first-order chi connectivity index (χ1) is 8.16. The van der Waals surface area contributed by atoms with E-state index in [2.05, 4.69) is 20.9 Å². The van der Waals surface area contributed by atoms with E-state index in [9.17, 15) is 4.79 Å². The number of hydrogen-bond donors (Lipinski definition) is 1. The van der Waals surface area contributed by atoms with Crippen LogP contribution in [0.5, 0.6) is 0 Å². The van der Waals surface area contributed by atoms with Crippen LogP contribution in [-0.4, -0.2) is 16.1 Å². The second-order valence-corrected chi connectivity index (χ2v) is 6.36. The van der Waals surface area contributed by atoms with Crippen LogP contribution in [0.3, 0.4) is 0 Å². The fourth-order valence-corrected chi connectivity index (χ4v) is 4.12. The number of rotatable bonds is 4. The maximum Gasteiger partial charge on any atom is 0.303 e. The number of carbonyl (C=O) groups is 1. The van der Waals surface area contributed by atoms with E-state index in [0.29, 0.717) is 12.3 Å². The zero-order chi connectivity index (χ0) is 12.3. The van der Waals surface area contributed by atoms with Crippen molar-refractivity contribution in [2.24, 2.45) is 0 Å². The van der Waals surface area contributed by atoms with Gasteiger partial charge in [0, 0.05) is 10.8 Å². The molecule has 94 valence electrons. The van der Waals surface area contributed by atoms with Crippen molar-refractivity contribution in [3.63, 3.8) is 0 Å². The van der Waals surface area contributed by atoms with Crippen LogP contribution in [0.4, 0.5) is 0 Å². The average Bonchev–Trinajstić information content (AvgIpc) is 2.69. The Morgan fingerprint density at radius 2 is 2.12 bits per heavy atom. The van der Waals surface area contributed by atoms with Gasteiger partial charge in [-0.2, -0.15) is 0 Å². The van der Waals surface area contributed by atoms with Gasteiger partial charge in [0.25, 0.3) is 0 Å². The molecule has 1 heterocycles. The van der Waals surface area contributed by atoms with Crippen LogP contribution in [0.15, 0.2) is 4.60 Å². The Morgan fingerprint density at radius 1 is 1.41 bits per heavy atom. The van der Waals surface area contributed by atoms with E-state index in [1.165, 1.54) is 37.1 Å². The molecular formula is C12H16BrNO2S. The second kappa shape index (κ2) is 5.96. The summed E-state index contributed by atoms with van der Waals surface area (Å²) >= 11 is 5.13. The van der Waals surface area contributed by atoms with Crippen molar-refractivity contribution in [1.82, 2.24) is 4.98 Å². The lowest BCUT2D eigenvalue weighted by Gasteiger charge is -2.18. The van der Waals surface area contributed by atoms with Crippen LogP contribution >= 0.6 is 27.3 Å². The number of aromatic nitrogens is 1. The Morgan fingerprint density at radius 3 is 2.76 bits per heavy atom. The fourth-order valence-electron chi connectivity index (χ4n) is 2.25. The van der Waals surface area contributed by atoms with Crippen LogP contribution in [0.25, 0.3) is 0 Å². The monoisotopic (exact) mass is 317 g/mol. The number of thiazole rings is 1. The molecule has 0 spiro atoms. The molecule has 0 atom stereocenters. The number of hydrogen-bond acceptors (Lipinski definition) is 3. The number of aliphatic carboxylic acids is 1. The molecule has 1 aliphatic carbocycles. The van der Waals surface area contributed by atoms with Crippen molar-refractivity contribution in [1.29, 1.82) is 0 Å². The first-order valence-corrected chi connectivity index (χ1v) is 7.64. The first-order valence-electron chi connectivity index (χ1n) is 6.03. The molecule has 1 fully saturated rings. The Bertz CT molecular complexity index is 399. The normalized spacial score (nSPS) is 17.2. The molecule has 1 aromatic rings. The number of halogens is 1. The number of carboxylic acid groups (broad SMARTS) is 1. The Hall–Kier alpha value is -0.420. The van der Waals surface area contributed by atoms with Gasteiger partial charge in [-0.25, -0.2) is 4.98 Å². The van der Waals surface area contributed by atoms with E-state index in [-0.39, 0.29) is 6.42 Å². The van der Waals surface area contributed by atoms with Crippen molar-refractivity contribution in [3.8, 4) is 0 Å². The quantitative estimate of drug-likeness (QED) is 0.914. The molecule has 0 aromatic carbocycles. The van der Waals surface area contributed by atoms with E-state index < -0.39 is 5.97 Å². The molecule has 5 heteroatoms. The summed E-state index contributed by atoms with van der Waals surface area (Å²) in [5, 5.41) is 9.88. The molecule has 0 saturated heterocycles. The van der Waals surface area contributed by atoms with Gasteiger partial charge in [0.15, 0.2) is 0 Å². The summed E-state index contributed by atoms with van der Waals surface area (Å²) < 4.78 is 0.851. The van der Waals surface area contributed by atoms with E-state index in [1.54, 1.807) is 11.3 Å². The summed E-state index contributed by atoms with van der Waals surface area (Å²) in [6, 6.07) is 0. The smallest absolute Gasteiger partial charge is 0.303 e. The minimum Gasteiger partial charge on any atom is -0.481 e. The molecule has 1 aliphatic rings. The molecule has 0 radical (unpaired) electrons. The van der Waals surface area contributed by atoms with Gasteiger partial charge < -0.3 is 5.11 Å². The highest BCUT2D eigenvalue weighted by molar-refractivity contribution is 9.10. The zero-order valence-corrected chi connectivity index (χ0v) is 12.0. The first kappa shape index (κ1) is 13.0. The van der Waals surface area contributed by atoms with Gasteiger partial charge in [0.1, 0.15) is 4.60 Å². The summed E-state index contributed by atoms with van der Waals surface area (Å²) in [4.78, 5) is 16.2. The highest BCUT2D eigenvalue weighted by atomic mass is 79.9. The van der Waals surface area contributed by atoms with Crippen LogP contribution in [-0.2, 0) is 11.2 Å².